The molecule has 0 N–H and O–H groups in total. The van der Waals surface area contributed by atoms with Gasteiger partial charge < -0.3 is 9.30 Å². The first kappa shape index (κ1) is 19.7. The van der Waals surface area contributed by atoms with Crippen molar-refractivity contribution in [1.82, 2.24) is 9.47 Å². The smallest absolute Gasteiger partial charge is 0.165 e. The van der Waals surface area contributed by atoms with Crippen LogP contribution in [0.1, 0.15) is 48.7 Å². The molecule has 0 saturated heterocycles. The van der Waals surface area contributed by atoms with Gasteiger partial charge in [-0.25, -0.2) is 4.39 Å². The van der Waals surface area contributed by atoms with Gasteiger partial charge in [0.2, 0.25) is 0 Å². The molecule has 1 aliphatic rings. The van der Waals surface area contributed by atoms with Crippen molar-refractivity contribution in [2.75, 3.05) is 20.7 Å². The Morgan fingerprint density at radius 2 is 2.03 bits per heavy atom. The van der Waals surface area contributed by atoms with E-state index in [0.29, 0.717) is 6.04 Å². The summed E-state index contributed by atoms with van der Waals surface area (Å²) in [5.74, 6) is -0.0626. The van der Waals surface area contributed by atoms with Crippen molar-refractivity contribution in [2.24, 2.45) is 0 Å². The Morgan fingerprint density at radius 3 is 2.72 bits per heavy atom. The van der Waals surface area contributed by atoms with E-state index in [1.54, 1.807) is 12.1 Å². The maximum absolute atomic E-state index is 14.3. The number of allylic oxidation sites excluding steroid dienone is 1. The molecule has 0 spiro atoms. The van der Waals surface area contributed by atoms with E-state index in [1.807, 2.05) is 13.0 Å². The molecule has 3 nitrogen and oxygen atoms in total. The van der Waals surface area contributed by atoms with Crippen LogP contribution in [0.25, 0.3) is 22.7 Å². The molecule has 3 aromatic rings. The number of likely N-dealkylation sites (N-methyl/N-ethyl adjacent to an activating group) is 1. The van der Waals surface area contributed by atoms with Gasteiger partial charge in [-0.05, 0) is 74.7 Å². The number of methoxy groups -OCH3 is 1. The monoisotopic (exact) mass is 392 g/mol. The largest absolute Gasteiger partial charge is 0.494 e. The highest BCUT2D eigenvalue weighted by Crippen LogP contribution is 2.39. The number of aromatic nitrogens is 1. The fourth-order valence-electron chi connectivity index (χ4n) is 4.62. The Morgan fingerprint density at radius 1 is 1.24 bits per heavy atom. The fourth-order valence-corrected chi connectivity index (χ4v) is 4.62. The van der Waals surface area contributed by atoms with Gasteiger partial charge in [-0.2, -0.15) is 0 Å². The van der Waals surface area contributed by atoms with Gasteiger partial charge in [-0.3, -0.25) is 4.90 Å². The van der Waals surface area contributed by atoms with Crippen LogP contribution in [0.3, 0.4) is 0 Å². The van der Waals surface area contributed by atoms with Crippen molar-refractivity contribution in [1.29, 1.82) is 0 Å². The summed E-state index contributed by atoms with van der Waals surface area (Å²) >= 11 is 0. The number of hydrogen-bond donors (Lipinski definition) is 0. The molecule has 4 rings (SSSR count). The molecule has 152 valence electrons. The minimum atomic E-state index is -0.334. The maximum atomic E-state index is 14.3. The molecule has 0 amide bonds. The highest BCUT2D eigenvalue weighted by molar-refractivity contribution is 5.90. The highest BCUT2D eigenvalue weighted by Gasteiger charge is 2.29. The molecule has 0 bridgehead atoms. The lowest BCUT2D eigenvalue weighted by atomic mass is 9.96. The van der Waals surface area contributed by atoms with E-state index >= 15 is 0 Å². The number of nitrogens with zero attached hydrogens (tertiary/aromatic N) is 2. The van der Waals surface area contributed by atoms with Gasteiger partial charge in [0.25, 0.3) is 0 Å². The maximum Gasteiger partial charge on any atom is 0.165 e. The van der Waals surface area contributed by atoms with E-state index < -0.39 is 0 Å². The van der Waals surface area contributed by atoms with E-state index in [1.165, 1.54) is 34.8 Å². The number of hydrogen-bond acceptors (Lipinski definition) is 2. The van der Waals surface area contributed by atoms with Gasteiger partial charge in [-0.1, -0.05) is 24.6 Å². The Hall–Kier alpha value is -2.59. The van der Waals surface area contributed by atoms with Crippen molar-refractivity contribution in [3.05, 3.63) is 64.6 Å². The Balaban J connectivity index is 1.92. The first-order chi connectivity index (χ1) is 13.9. The average Bonchev–Trinajstić information content (AvgIpc) is 3.00. The molecule has 4 heteroatoms. The molecule has 0 aliphatic carbocycles. The lowest BCUT2D eigenvalue weighted by molar-refractivity contribution is 0.220. The van der Waals surface area contributed by atoms with E-state index in [-0.39, 0.29) is 11.6 Å². The summed E-state index contributed by atoms with van der Waals surface area (Å²) in [6, 6.07) is 12.2. The minimum Gasteiger partial charge on any atom is -0.494 e. The van der Waals surface area contributed by atoms with E-state index in [4.69, 9.17) is 4.74 Å². The van der Waals surface area contributed by atoms with E-state index in [0.717, 1.165) is 30.5 Å². The lowest BCUT2D eigenvalue weighted by Gasteiger charge is -2.33. The SMILES string of the molecule is CCC1c2c(c3cc(C)ccc3n2/C=C(\C)c2ccc(OC)c(F)c2)CCN1C. The predicted octanol–water partition coefficient (Wildman–Crippen LogP) is 6.05. The zero-order chi connectivity index (χ0) is 20.7. The van der Waals surface area contributed by atoms with Crippen LogP contribution in [-0.2, 0) is 6.42 Å². The molecule has 1 atom stereocenters. The molecular weight excluding hydrogens is 363 g/mol. The number of halogens is 1. The summed E-state index contributed by atoms with van der Waals surface area (Å²) in [5.41, 5.74) is 7.22. The summed E-state index contributed by atoms with van der Waals surface area (Å²) < 4.78 is 21.7. The zero-order valence-corrected chi connectivity index (χ0v) is 17.9. The third-order valence-corrected chi connectivity index (χ3v) is 6.18. The predicted molar refractivity (Wildman–Crippen MR) is 119 cm³/mol. The van der Waals surface area contributed by atoms with Gasteiger partial charge in [0.05, 0.1) is 18.7 Å². The molecule has 0 saturated carbocycles. The number of aryl methyl sites for hydroxylation is 1. The molecule has 29 heavy (non-hydrogen) atoms. The summed E-state index contributed by atoms with van der Waals surface area (Å²) in [6.07, 6.45) is 4.28. The van der Waals surface area contributed by atoms with Crippen molar-refractivity contribution in [3.8, 4) is 5.75 Å². The molecule has 2 heterocycles. The molecule has 0 radical (unpaired) electrons. The molecule has 1 unspecified atom stereocenters. The second kappa shape index (κ2) is 7.68. The van der Waals surface area contributed by atoms with E-state index in [9.17, 15) is 4.39 Å². The number of benzene rings is 2. The summed E-state index contributed by atoms with van der Waals surface area (Å²) in [6.45, 7) is 7.52. The topological polar surface area (TPSA) is 17.4 Å². The Kier molecular flexibility index (Phi) is 5.22. The Bertz CT molecular complexity index is 1100. The van der Waals surface area contributed by atoms with Crippen molar-refractivity contribution >= 4 is 22.7 Å². The van der Waals surface area contributed by atoms with Crippen LogP contribution in [-0.4, -0.2) is 30.2 Å². The van der Waals surface area contributed by atoms with Crippen molar-refractivity contribution in [2.45, 2.75) is 39.7 Å². The van der Waals surface area contributed by atoms with Crippen molar-refractivity contribution < 1.29 is 9.13 Å². The second-order valence-corrected chi connectivity index (χ2v) is 8.07. The second-order valence-electron chi connectivity index (χ2n) is 8.07. The van der Waals surface area contributed by atoms with Gasteiger partial charge in [0.15, 0.2) is 11.6 Å². The van der Waals surface area contributed by atoms with Gasteiger partial charge in [0.1, 0.15) is 0 Å². The van der Waals surface area contributed by atoms with E-state index in [2.05, 4.69) is 54.8 Å². The normalized spacial score (nSPS) is 17.6. The summed E-state index contributed by atoms with van der Waals surface area (Å²) in [7, 11) is 3.70. The van der Waals surface area contributed by atoms with Crippen LogP contribution < -0.4 is 4.74 Å². The molecule has 0 fully saturated rings. The fraction of sp³-hybridized carbons (Fsp3) is 0.360. The molecule has 2 aromatic carbocycles. The Labute approximate surface area is 172 Å². The summed E-state index contributed by atoms with van der Waals surface area (Å²) in [4.78, 5) is 2.45. The first-order valence-electron chi connectivity index (χ1n) is 10.3. The average molecular weight is 393 g/mol. The highest BCUT2D eigenvalue weighted by atomic mass is 19.1. The quantitative estimate of drug-likeness (QED) is 0.537. The third-order valence-electron chi connectivity index (χ3n) is 6.18. The standard InChI is InChI=1S/C25H29FN2O/c1-6-22-25-19(11-12-27(22)4)20-13-16(2)7-9-23(20)28(25)15-17(3)18-8-10-24(29-5)21(26)14-18/h7-10,13-15,22H,6,11-12H2,1-5H3/b17-15+. The van der Waals surface area contributed by atoms with Gasteiger partial charge >= 0.3 is 0 Å². The molecule has 1 aromatic heterocycles. The van der Waals surface area contributed by atoms with Crippen LogP contribution in [0.2, 0.25) is 0 Å². The number of ether oxygens (including phenoxy) is 1. The lowest BCUT2D eigenvalue weighted by Crippen LogP contribution is -2.32. The van der Waals surface area contributed by atoms with Crippen LogP contribution >= 0.6 is 0 Å². The summed E-state index contributed by atoms with van der Waals surface area (Å²) in [5, 5.41) is 1.34. The molecular formula is C25H29FN2O. The zero-order valence-electron chi connectivity index (χ0n) is 17.9. The molecule has 1 aliphatic heterocycles. The first-order valence-corrected chi connectivity index (χ1v) is 10.3. The van der Waals surface area contributed by atoms with Gasteiger partial charge in [0, 0.05) is 23.8 Å². The van der Waals surface area contributed by atoms with Gasteiger partial charge in [-0.15, -0.1) is 0 Å². The number of fused-ring (bicyclic) bond motifs is 3. The third kappa shape index (κ3) is 3.36. The number of rotatable bonds is 4. The van der Waals surface area contributed by atoms with Crippen LogP contribution in [0.15, 0.2) is 36.4 Å². The van der Waals surface area contributed by atoms with Crippen molar-refractivity contribution in [3.63, 3.8) is 0 Å². The minimum absolute atomic E-state index is 0.272. The van der Waals surface area contributed by atoms with Crippen LogP contribution in [0.5, 0.6) is 5.75 Å². The van der Waals surface area contributed by atoms with Crippen LogP contribution in [0, 0.1) is 12.7 Å². The van der Waals surface area contributed by atoms with Crippen LogP contribution in [0.4, 0.5) is 4.39 Å².